The molecule has 0 fully saturated rings. The van der Waals surface area contributed by atoms with Crippen molar-refractivity contribution in [1.82, 2.24) is 15.0 Å². The van der Waals surface area contributed by atoms with E-state index in [4.69, 9.17) is 19.4 Å². The van der Waals surface area contributed by atoms with Crippen LogP contribution in [0, 0.1) is 0 Å². The third-order valence-electron chi connectivity index (χ3n) is 9.33. The van der Waals surface area contributed by atoms with Gasteiger partial charge in [0.2, 0.25) is 0 Å². The monoisotopic (exact) mass is 591 g/mol. The average Bonchev–Trinajstić information content (AvgIpc) is 3.61. The summed E-state index contributed by atoms with van der Waals surface area (Å²) in [5, 5.41) is 2.32. The number of furan rings is 1. The standard InChI is InChI=1S/C42H29N3O/c1-42(2)33-18-11-17-32(36(33)31-24-25-35-37(38(31)42)30-16-9-10-19-34(30)46-35)41-44-39(28-14-7-4-8-15-28)43-40(45-41)29-22-20-27(21-23-29)26-12-5-3-6-13-26/h3-25H,1-2H3. The summed E-state index contributed by atoms with van der Waals surface area (Å²) in [5.74, 6) is 1.96. The summed E-state index contributed by atoms with van der Waals surface area (Å²) in [6.45, 7) is 4.62. The Labute approximate surface area is 267 Å². The van der Waals surface area contributed by atoms with Gasteiger partial charge in [-0.3, -0.25) is 0 Å². The van der Waals surface area contributed by atoms with Gasteiger partial charge in [0.1, 0.15) is 11.2 Å². The predicted molar refractivity (Wildman–Crippen MR) is 186 cm³/mol. The molecular weight excluding hydrogens is 562 g/mol. The van der Waals surface area contributed by atoms with E-state index in [2.05, 4.69) is 117 Å². The Morgan fingerprint density at radius 3 is 1.78 bits per heavy atom. The smallest absolute Gasteiger partial charge is 0.164 e. The first-order valence-electron chi connectivity index (χ1n) is 15.6. The van der Waals surface area contributed by atoms with Crippen LogP contribution in [0.4, 0.5) is 0 Å². The molecule has 2 heterocycles. The lowest BCUT2D eigenvalue weighted by atomic mass is 9.80. The van der Waals surface area contributed by atoms with Crippen molar-refractivity contribution in [3.8, 4) is 56.4 Å². The van der Waals surface area contributed by atoms with Crippen molar-refractivity contribution in [3.63, 3.8) is 0 Å². The van der Waals surface area contributed by atoms with Gasteiger partial charge in [0.25, 0.3) is 0 Å². The van der Waals surface area contributed by atoms with Gasteiger partial charge in [0.15, 0.2) is 17.5 Å². The van der Waals surface area contributed by atoms with E-state index in [1.807, 2.05) is 36.4 Å². The summed E-state index contributed by atoms with van der Waals surface area (Å²) in [6.07, 6.45) is 0. The van der Waals surface area contributed by atoms with Gasteiger partial charge in [-0.05, 0) is 45.5 Å². The van der Waals surface area contributed by atoms with Crippen LogP contribution in [-0.4, -0.2) is 15.0 Å². The number of benzene rings is 6. The van der Waals surface area contributed by atoms with E-state index < -0.39 is 0 Å². The minimum atomic E-state index is -0.252. The Balaban J connectivity index is 1.26. The van der Waals surface area contributed by atoms with Crippen molar-refractivity contribution in [2.45, 2.75) is 19.3 Å². The second-order valence-corrected chi connectivity index (χ2v) is 12.4. The van der Waals surface area contributed by atoms with Crippen LogP contribution in [-0.2, 0) is 5.41 Å². The maximum absolute atomic E-state index is 6.32. The highest BCUT2D eigenvalue weighted by atomic mass is 16.3. The second-order valence-electron chi connectivity index (χ2n) is 12.4. The van der Waals surface area contributed by atoms with Crippen LogP contribution in [0.1, 0.15) is 25.0 Å². The molecule has 0 aliphatic heterocycles. The van der Waals surface area contributed by atoms with Crippen LogP contribution in [0.5, 0.6) is 0 Å². The fourth-order valence-corrected chi connectivity index (χ4v) is 7.14. The number of hydrogen-bond acceptors (Lipinski definition) is 4. The van der Waals surface area contributed by atoms with E-state index in [1.54, 1.807) is 0 Å². The van der Waals surface area contributed by atoms with Gasteiger partial charge in [-0.25, -0.2) is 15.0 Å². The molecule has 8 aromatic rings. The number of hydrogen-bond donors (Lipinski definition) is 0. The molecule has 4 nitrogen and oxygen atoms in total. The predicted octanol–water partition coefficient (Wildman–Crippen LogP) is 10.7. The van der Waals surface area contributed by atoms with Crippen LogP contribution >= 0.6 is 0 Å². The molecule has 0 spiro atoms. The molecule has 0 N–H and O–H groups in total. The average molecular weight is 592 g/mol. The van der Waals surface area contributed by atoms with Gasteiger partial charge in [-0.2, -0.15) is 0 Å². The number of rotatable bonds is 4. The summed E-state index contributed by atoms with van der Waals surface area (Å²) in [7, 11) is 0. The molecule has 0 saturated carbocycles. The summed E-state index contributed by atoms with van der Waals surface area (Å²) < 4.78 is 6.32. The fraction of sp³-hybridized carbons (Fsp3) is 0.0714. The normalized spacial score (nSPS) is 13.2. The largest absolute Gasteiger partial charge is 0.456 e. The molecule has 0 bridgehead atoms. The number of para-hydroxylation sites is 1. The Bertz CT molecular complexity index is 2430. The minimum Gasteiger partial charge on any atom is -0.456 e. The van der Waals surface area contributed by atoms with E-state index in [1.165, 1.54) is 33.2 Å². The molecule has 1 aliphatic carbocycles. The van der Waals surface area contributed by atoms with E-state index in [0.717, 1.165) is 38.8 Å². The highest BCUT2D eigenvalue weighted by Gasteiger charge is 2.39. The highest BCUT2D eigenvalue weighted by Crippen LogP contribution is 2.55. The van der Waals surface area contributed by atoms with Crippen molar-refractivity contribution in [3.05, 3.63) is 151 Å². The molecule has 0 amide bonds. The van der Waals surface area contributed by atoms with Gasteiger partial charge < -0.3 is 4.42 Å². The molecular formula is C42H29N3O. The maximum Gasteiger partial charge on any atom is 0.164 e. The minimum absolute atomic E-state index is 0.252. The first kappa shape index (κ1) is 26.5. The van der Waals surface area contributed by atoms with Crippen molar-refractivity contribution in [2.75, 3.05) is 0 Å². The van der Waals surface area contributed by atoms with Gasteiger partial charge in [-0.1, -0.05) is 141 Å². The van der Waals surface area contributed by atoms with E-state index in [0.29, 0.717) is 17.5 Å². The third-order valence-corrected chi connectivity index (χ3v) is 9.33. The molecule has 0 radical (unpaired) electrons. The molecule has 1 aliphatic rings. The Morgan fingerprint density at radius 1 is 0.457 bits per heavy atom. The van der Waals surface area contributed by atoms with Crippen LogP contribution in [0.3, 0.4) is 0 Å². The number of fused-ring (bicyclic) bond motifs is 7. The van der Waals surface area contributed by atoms with Crippen molar-refractivity contribution >= 4 is 21.9 Å². The van der Waals surface area contributed by atoms with Gasteiger partial charge in [-0.15, -0.1) is 0 Å². The first-order chi connectivity index (χ1) is 22.6. The molecule has 0 saturated heterocycles. The Hall–Kier alpha value is -5.87. The molecule has 0 atom stereocenters. The van der Waals surface area contributed by atoms with Crippen molar-refractivity contribution in [1.29, 1.82) is 0 Å². The number of nitrogens with zero attached hydrogens (tertiary/aromatic N) is 3. The summed E-state index contributed by atoms with van der Waals surface area (Å²) in [4.78, 5) is 15.3. The molecule has 218 valence electrons. The maximum atomic E-state index is 6.32. The van der Waals surface area contributed by atoms with E-state index in [-0.39, 0.29) is 5.41 Å². The second kappa shape index (κ2) is 10.1. The van der Waals surface area contributed by atoms with Crippen molar-refractivity contribution < 1.29 is 4.42 Å². The molecule has 4 heteroatoms. The van der Waals surface area contributed by atoms with E-state index >= 15 is 0 Å². The van der Waals surface area contributed by atoms with Crippen LogP contribution < -0.4 is 0 Å². The topological polar surface area (TPSA) is 51.8 Å². The fourth-order valence-electron chi connectivity index (χ4n) is 7.14. The molecule has 46 heavy (non-hydrogen) atoms. The van der Waals surface area contributed by atoms with Crippen LogP contribution in [0.25, 0.3) is 78.4 Å². The summed E-state index contributed by atoms with van der Waals surface area (Å²) in [6, 6.07) is 48.2. The zero-order valence-corrected chi connectivity index (χ0v) is 25.5. The zero-order valence-electron chi connectivity index (χ0n) is 25.5. The SMILES string of the molecule is CC1(C)c2cccc(-c3nc(-c4ccccc4)nc(-c4ccc(-c5ccccc5)cc4)n3)c2-c2ccc3oc4ccccc4c3c21. The van der Waals surface area contributed by atoms with Gasteiger partial charge in [0, 0.05) is 32.9 Å². The highest BCUT2D eigenvalue weighted by molar-refractivity contribution is 6.11. The molecule has 6 aromatic carbocycles. The summed E-state index contributed by atoms with van der Waals surface area (Å²) >= 11 is 0. The zero-order chi connectivity index (χ0) is 30.8. The van der Waals surface area contributed by atoms with Crippen LogP contribution in [0.2, 0.25) is 0 Å². The molecule has 9 rings (SSSR count). The first-order valence-corrected chi connectivity index (χ1v) is 15.6. The van der Waals surface area contributed by atoms with E-state index in [9.17, 15) is 0 Å². The lowest BCUT2D eigenvalue weighted by Gasteiger charge is -2.22. The van der Waals surface area contributed by atoms with Crippen LogP contribution in [0.15, 0.2) is 144 Å². The quantitative estimate of drug-likeness (QED) is 0.204. The molecule has 0 unspecified atom stereocenters. The molecule has 2 aromatic heterocycles. The Morgan fingerprint density at radius 2 is 1.04 bits per heavy atom. The third kappa shape index (κ3) is 4.04. The number of aromatic nitrogens is 3. The lowest BCUT2D eigenvalue weighted by molar-refractivity contribution is 0.657. The summed E-state index contributed by atoms with van der Waals surface area (Å²) in [5.41, 5.74) is 11.7. The Kier molecular flexibility index (Phi) is 5.81. The lowest BCUT2D eigenvalue weighted by Crippen LogP contribution is -2.15. The van der Waals surface area contributed by atoms with Gasteiger partial charge >= 0.3 is 0 Å². The van der Waals surface area contributed by atoms with Crippen molar-refractivity contribution in [2.24, 2.45) is 0 Å². The van der Waals surface area contributed by atoms with Gasteiger partial charge in [0.05, 0.1) is 0 Å².